The van der Waals surface area contributed by atoms with Gasteiger partial charge in [0.1, 0.15) is 17.3 Å². The number of esters is 1. The first-order valence-electron chi connectivity index (χ1n) is 8.91. The Balaban J connectivity index is 1.84. The van der Waals surface area contributed by atoms with Gasteiger partial charge in [0.2, 0.25) is 10.0 Å². The van der Waals surface area contributed by atoms with Gasteiger partial charge in [-0.05, 0) is 36.2 Å². The average molecular weight is 405 g/mol. The van der Waals surface area contributed by atoms with E-state index in [1.807, 2.05) is 31.2 Å². The summed E-state index contributed by atoms with van der Waals surface area (Å²) in [6.07, 6.45) is 0. The largest absolute Gasteiger partial charge is 0.495 e. The van der Waals surface area contributed by atoms with Crippen LogP contribution < -0.4 is 4.74 Å². The molecule has 0 spiro atoms. The van der Waals surface area contributed by atoms with Gasteiger partial charge >= 0.3 is 5.97 Å². The fourth-order valence-corrected chi connectivity index (χ4v) is 4.52. The molecular formula is C20H23NO6S. The monoisotopic (exact) mass is 405 g/mol. The lowest BCUT2D eigenvalue weighted by atomic mass is 10.1. The second kappa shape index (κ2) is 8.72. The molecule has 0 bridgehead atoms. The normalized spacial score (nSPS) is 15.2. The van der Waals surface area contributed by atoms with Gasteiger partial charge in [0, 0.05) is 13.1 Å². The molecule has 1 aliphatic rings. The van der Waals surface area contributed by atoms with E-state index in [0.717, 1.165) is 11.1 Å². The molecule has 0 atom stereocenters. The van der Waals surface area contributed by atoms with Crippen LogP contribution in [0.3, 0.4) is 0 Å². The summed E-state index contributed by atoms with van der Waals surface area (Å²) in [5.74, 6) is -0.411. The summed E-state index contributed by atoms with van der Waals surface area (Å²) < 4.78 is 43.1. The second-order valence-corrected chi connectivity index (χ2v) is 8.29. The molecule has 1 saturated heterocycles. The molecule has 0 saturated carbocycles. The first kappa shape index (κ1) is 20.3. The zero-order valence-electron chi connectivity index (χ0n) is 15.9. The highest BCUT2D eigenvalue weighted by Crippen LogP contribution is 2.28. The van der Waals surface area contributed by atoms with Crippen molar-refractivity contribution in [3.8, 4) is 5.75 Å². The smallest absolute Gasteiger partial charge is 0.338 e. The van der Waals surface area contributed by atoms with Gasteiger partial charge in [0.15, 0.2) is 0 Å². The van der Waals surface area contributed by atoms with E-state index in [-0.39, 0.29) is 35.9 Å². The first-order chi connectivity index (χ1) is 13.4. The highest BCUT2D eigenvalue weighted by Gasteiger charge is 2.30. The molecule has 28 heavy (non-hydrogen) atoms. The minimum absolute atomic E-state index is 0.0535. The van der Waals surface area contributed by atoms with Gasteiger partial charge in [0.25, 0.3) is 0 Å². The summed E-state index contributed by atoms with van der Waals surface area (Å²) in [4.78, 5) is 12.4. The van der Waals surface area contributed by atoms with Crippen molar-refractivity contribution < 1.29 is 27.4 Å². The number of hydrogen-bond acceptors (Lipinski definition) is 6. The lowest BCUT2D eigenvalue weighted by molar-refractivity contribution is 0.0471. The van der Waals surface area contributed by atoms with Crippen LogP contribution in [0.5, 0.6) is 5.75 Å². The van der Waals surface area contributed by atoms with Crippen molar-refractivity contribution >= 4 is 16.0 Å². The standard InChI is InChI=1S/C20H23NO6S/c1-15-5-3-4-6-17(15)14-27-20(22)16-7-8-18(25-2)19(13-16)28(23,24)21-9-11-26-12-10-21/h3-8,13H,9-12,14H2,1-2H3. The molecule has 0 N–H and O–H groups in total. The molecule has 8 heteroatoms. The van der Waals surface area contributed by atoms with Crippen LogP contribution in [0, 0.1) is 6.92 Å². The zero-order valence-corrected chi connectivity index (χ0v) is 16.7. The van der Waals surface area contributed by atoms with Crippen molar-refractivity contribution in [3.63, 3.8) is 0 Å². The molecule has 1 heterocycles. The third-order valence-electron chi connectivity index (χ3n) is 4.61. The minimum Gasteiger partial charge on any atom is -0.495 e. The predicted octanol–water partition coefficient (Wildman–Crippen LogP) is 2.38. The number of aryl methyl sites for hydroxylation is 1. The molecule has 3 rings (SSSR count). The third kappa shape index (κ3) is 4.35. The van der Waals surface area contributed by atoms with Gasteiger partial charge in [0.05, 0.1) is 25.9 Å². The fraction of sp³-hybridized carbons (Fsp3) is 0.350. The molecule has 0 aliphatic carbocycles. The van der Waals surface area contributed by atoms with Crippen LogP contribution >= 0.6 is 0 Å². The maximum atomic E-state index is 13.0. The van der Waals surface area contributed by atoms with E-state index in [9.17, 15) is 13.2 Å². The van der Waals surface area contributed by atoms with Crippen LogP contribution in [-0.2, 0) is 26.1 Å². The Morgan fingerprint density at radius 1 is 1.14 bits per heavy atom. The van der Waals surface area contributed by atoms with Crippen LogP contribution in [0.25, 0.3) is 0 Å². The quantitative estimate of drug-likeness (QED) is 0.687. The van der Waals surface area contributed by atoms with Gasteiger partial charge in [-0.1, -0.05) is 24.3 Å². The molecule has 150 valence electrons. The zero-order chi connectivity index (χ0) is 20.1. The summed E-state index contributed by atoms with van der Waals surface area (Å²) in [7, 11) is -2.42. The van der Waals surface area contributed by atoms with Crippen molar-refractivity contribution in [1.82, 2.24) is 4.31 Å². The highest BCUT2D eigenvalue weighted by atomic mass is 32.2. The number of nitrogens with zero attached hydrogens (tertiary/aromatic N) is 1. The van der Waals surface area contributed by atoms with Gasteiger partial charge in [-0.25, -0.2) is 13.2 Å². The molecule has 2 aromatic rings. The number of hydrogen-bond donors (Lipinski definition) is 0. The van der Waals surface area contributed by atoms with Crippen molar-refractivity contribution in [2.45, 2.75) is 18.4 Å². The van der Waals surface area contributed by atoms with Crippen molar-refractivity contribution in [2.24, 2.45) is 0 Å². The van der Waals surface area contributed by atoms with Gasteiger partial charge in [-0.15, -0.1) is 0 Å². The maximum Gasteiger partial charge on any atom is 0.338 e. The Morgan fingerprint density at radius 3 is 2.54 bits per heavy atom. The Labute approximate surface area is 164 Å². The van der Waals surface area contributed by atoms with E-state index in [0.29, 0.717) is 13.2 Å². The number of carbonyl (C=O) groups excluding carboxylic acids is 1. The van der Waals surface area contributed by atoms with Crippen molar-refractivity contribution in [1.29, 1.82) is 0 Å². The van der Waals surface area contributed by atoms with E-state index < -0.39 is 16.0 Å². The average Bonchev–Trinajstić information content (AvgIpc) is 2.73. The maximum absolute atomic E-state index is 13.0. The lowest BCUT2D eigenvalue weighted by Gasteiger charge is -2.26. The molecule has 0 unspecified atom stereocenters. The van der Waals surface area contributed by atoms with E-state index in [4.69, 9.17) is 14.2 Å². The lowest BCUT2D eigenvalue weighted by Crippen LogP contribution is -2.40. The SMILES string of the molecule is COc1ccc(C(=O)OCc2ccccc2C)cc1S(=O)(=O)N1CCOCC1. The number of carbonyl (C=O) groups is 1. The van der Waals surface area contributed by atoms with E-state index in [1.165, 1.54) is 29.6 Å². The Kier molecular flexibility index (Phi) is 6.33. The van der Waals surface area contributed by atoms with Gasteiger partial charge in [-0.3, -0.25) is 0 Å². The topological polar surface area (TPSA) is 82.1 Å². The number of morpholine rings is 1. The number of benzene rings is 2. The van der Waals surface area contributed by atoms with Crippen LogP contribution in [-0.4, -0.2) is 52.1 Å². The molecule has 2 aromatic carbocycles. The highest BCUT2D eigenvalue weighted by molar-refractivity contribution is 7.89. The molecular weight excluding hydrogens is 382 g/mol. The molecule has 0 amide bonds. The molecule has 0 aromatic heterocycles. The molecule has 1 aliphatic heterocycles. The van der Waals surface area contributed by atoms with Crippen LogP contribution in [0.1, 0.15) is 21.5 Å². The minimum atomic E-state index is -3.81. The van der Waals surface area contributed by atoms with E-state index in [1.54, 1.807) is 0 Å². The van der Waals surface area contributed by atoms with Crippen molar-refractivity contribution in [3.05, 3.63) is 59.2 Å². The predicted molar refractivity (Wildman–Crippen MR) is 103 cm³/mol. The summed E-state index contributed by atoms with van der Waals surface area (Å²) in [6, 6.07) is 11.9. The number of rotatable bonds is 6. The molecule has 7 nitrogen and oxygen atoms in total. The van der Waals surface area contributed by atoms with Crippen LogP contribution in [0.4, 0.5) is 0 Å². The Morgan fingerprint density at radius 2 is 1.86 bits per heavy atom. The van der Waals surface area contributed by atoms with E-state index >= 15 is 0 Å². The summed E-state index contributed by atoms with van der Waals surface area (Å²) in [5, 5.41) is 0. The first-order valence-corrected chi connectivity index (χ1v) is 10.3. The fourth-order valence-electron chi connectivity index (χ4n) is 2.93. The number of methoxy groups -OCH3 is 1. The van der Waals surface area contributed by atoms with Crippen LogP contribution in [0.2, 0.25) is 0 Å². The molecule has 0 radical (unpaired) electrons. The second-order valence-electron chi connectivity index (χ2n) is 6.38. The summed E-state index contributed by atoms with van der Waals surface area (Å²) >= 11 is 0. The molecule has 1 fully saturated rings. The third-order valence-corrected chi connectivity index (χ3v) is 6.53. The van der Waals surface area contributed by atoms with Crippen molar-refractivity contribution in [2.75, 3.05) is 33.4 Å². The number of sulfonamides is 1. The van der Waals surface area contributed by atoms with Gasteiger partial charge in [-0.2, -0.15) is 4.31 Å². The van der Waals surface area contributed by atoms with Gasteiger partial charge < -0.3 is 14.2 Å². The Bertz CT molecular complexity index is 951. The Hall–Kier alpha value is -2.42. The summed E-state index contributed by atoms with van der Waals surface area (Å²) in [6.45, 7) is 3.23. The van der Waals surface area contributed by atoms with E-state index in [2.05, 4.69) is 0 Å². The number of ether oxygens (including phenoxy) is 3. The van der Waals surface area contributed by atoms with Crippen LogP contribution in [0.15, 0.2) is 47.4 Å². The summed E-state index contributed by atoms with van der Waals surface area (Å²) in [5.41, 5.74) is 2.06.